The predicted octanol–water partition coefficient (Wildman–Crippen LogP) is 3.81. The topological polar surface area (TPSA) is 53.9 Å². The van der Waals surface area contributed by atoms with E-state index in [-0.39, 0.29) is 18.1 Å². The standard InChI is InChI=1S/C18H22BrN3O2S/c1-2-24-15(23)12-20-16-18(10-4-3-5-11-18)22(17(25)21-16)14-8-6-13(19)7-9-14/h6-9H,2-5,10-12H2,1H3,(H,20,21,25). The molecule has 0 amide bonds. The maximum atomic E-state index is 11.7. The number of rotatable bonds is 4. The lowest BCUT2D eigenvalue weighted by molar-refractivity contribution is -0.141. The smallest absolute Gasteiger partial charge is 0.327 e. The number of amidine groups is 1. The predicted molar refractivity (Wildman–Crippen MR) is 107 cm³/mol. The molecule has 1 aliphatic heterocycles. The molecular weight excluding hydrogens is 402 g/mol. The van der Waals surface area contributed by atoms with Crippen LogP contribution in [0.5, 0.6) is 0 Å². The molecule has 1 saturated carbocycles. The second-order valence-electron chi connectivity index (χ2n) is 6.30. The van der Waals surface area contributed by atoms with Crippen LogP contribution in [0.4, 0.5) is 5.69 Å². The highest BCUT2D eigenvalue weighted by Gasteiger charge is 2.50. The van der Waals surface area contributed by atoms with Gasteiger partial charge in [-0.15, -0.1) is 0 Å². The van der Waals surface area contributed by atoms with Crippen molar-refractivity contribution in [2.45, 2.75) is 44.6 Å². The second kappa shape index (κ2) is 7.83. The Hall–Kier alpha value is -1.47. The van der Waals surface area contributed by atoms with Gasteiger partial charge in [-0.1, -0.05) is 35.2 Å². The van der Waals surface area contributed by atoms with Crippen molar-refractivity contribution in [1.29, 1.82) is 0 Å². The number of esters is 1. The third-order valence-electron chi connectivity index (χ3n) is 4.73. The largest absolute Gasteiger partial charge is 0.465 e. The summed E-state index contributed by atoms with van der Waals surface area (Å²) in [6.07, 6.45) is 5.40. The van der Waals surface area contributed by atoms with Gasteiger partial charge >= 0.3 is 5.97 Å². The molecule has 1 aliphatic carbocycles. The van der Waals surface area contributed by atoms with E-state index in [1.54, 1.807) is 6.92 Å². The number of halogens is 1. The molecule has 1 heterocycles. The van der Waals surface area contributed by atoms with Crippen molar-refractivity contribution in [2.75, 3.05) is 18.1 Å². The van der Waals surface area contributed by atoms with Crippen molar-refractivity contribution < 1.29 is 9.53 Å². The zero-order valence-corrected chi connectivity index (χ0v) is 16.7. The van der Waals surface area contributed by atoms with E-state index in [9.17, 15) is 4.79 Å². The van der Waals surface area contributed by atoms with Crippen LogP contribution in [0.2, 0.25) is 0 Å². The molecule has 0 aromatic heterocycles. The Morgan fingerprint density at radius 3 is 2.64 bits per heavy atom. The van der Waals surface area contributed by atoms with Crippen molar-refractivity contribution in [3.8, 4) is 0 Å². The molecule has 0 bridgehead atoms. The summed E-state index contributed by atoms with van der Waals surface area (Å²) in [6, 6.07) is 8.15. The Morgan fingerprint density at radius 2 is 2.00 bits per heavy atom. The highest BCUT2D eigenvalue weighted by Crippen LogP contribution is 2.41. The van der Waals surface area contributed by atoms with E-state index in [0.717, 1.165) is 41.7 Å². The number of aliphatic imine (C=N–C) groups is 1. The van der Waals surface area contributed by atoms with E-state index in [1.807, 2.05) is 12.1 Å². The number of nitrogens with zero attached hydrogens (tertiary/aromatic N) is 2. The van der Waals surface area contributed by atoms with Crippen molar-refractivity contribution in [3.63, 3.8) is 0 Å². The minimum absolute atomic E-state index is 0.0225. The highest BCUT2D eigenvalue weighted by atomic mass is 79.9. The lowest BCUT2D eigenvalue weighted by Crippen LogP contribution is -2.51. The van der Waals surface area contributed by atoms with Crippen molar-refractivity contribution in [1.82, 2.24) is 5.32 Å². The van der Waals surface area contributed by atoms with Crippen LogP contribution in [-0.2, 0) is 9.53 Å². The van der Waals surface area contributed by atoms with Crippen molar-refractivity contribution >= 4 is 50.8 Å². The van der Waals surface area contributed by atoms with Gasteiger partial charge in [0.2, 0.25) is 0 Å². The average molecular weight is 424 g/mol. The summed E-state index contributed by atoms with van der Waals surface area (Å²) < 4.78 is 6.03. The molecule has 0 atom stereocenters. The first-order valence-electron chi connectivity index (χ1n) is 8.64. The summed E-state index contributed by atoms with van der Waals surface area (Å²) in [6.45, 7) is 2.19. The first-order chi connectivity index (χ1) is 12.1. The van der Waals surface area contributed by atoms with Crippen LogP contribution < -0.4 is 10.2 Å². The van der Waals surface area contributed by atoms with Gasteiger partial charge in [-0.3, -0.25) is 9.79 Å². The van der Waals surface area contributed by atoms with Crippen LogP contribution in [0, 0.1) is 0 Å². The molecule has 1 N–H and O–H groups in total. The number of anilines is 1. The fraction of sp³-hybridized carbons (Fsp3) is 0.500. The van der Waals surface area contributed by atoms with Crippen LogP contribution in [-0.4, -0.2) is 35.6 Å². The maximum absolute atomic E-state index is 11.7. The van der Waals surface area contributed by atoms with Gasteiger partial charge in [-0.2, -0.15) is 0 Å². The molecule has 0 radical (unpaired) electrons. The molecule has 25 heavy (non-hydrogen) atoms. The number of carbonyl (C=O) groups is 1. The van der Waals surface area contributed by atoms with Gasteiger partial charge in [0, 0.05) is 10.2 Å². The summed E-state index contributed by atoms with van der Waals surface area (Å²) in [5.74, 6) is 0.490. The number of hydrogen-bond donors (Lipinski definition) is 1. The Morgan fingerprint density at radius 1 is 1.32 bits per heavy atom. The Kier molecular flexibility index (Phi) is 5.74. The van der Waals surface area contributed by atoms with E-state index in [0.29, 0.717) is 11.7 Å². The van der Waals surface area contributed by atoms with Gasteiger partial charge in [0.15, 0.2) is 5.11 Å². The van der Waals surface area contributed by atoms with Crippen LogP contribution in [0.25, 0.3) is 0 Å². The fourth-order valence-electron chi connectivity index (χ4n) is 3.66. The molecule has 1 aromatic rings. The van der Waals surface area contributed by atoms with Crippen LogP contribution >= 0.6 is 28.1 Å². The zero-order valence-electron chi connectivity index (χ0n) is 14.3. The summed E-state index contributed by atoms with van der Waals surface area (Å²) in [7, 11) is 0. The summed E-state index contributed by atoms with van der Waals surface area (Å²) in [5.41, 5.74) is 0.763. The first kappa shape index (κ1) is 18.3. The normalized spacial score (nSPS) is 20.8. The van der Waals surface area contributed by atoms with E-state index in [4.69, 9.17) is 17.0 Å². The van der Waals surface area contributed by atoms with E-state index >= 15 is 0 Å². The van der Waals surface area contributed by atoms with Crippen LogP contribution in [0.1, 0.15) is 39.0 Å². The van der Waals surface area contributed by atoms with E-state index < -0.39 is 0 Å². The van der Waals surface area contributed by atoms with Gasteiger partial charge in [0.1, 0.15) is 17.9 Å². The van der Waals surface area contributed by atoms with Crippen molar-refractivity contribution in [2.24, 2.45) is 4.99 Å². The van der Waals surface area contributed by atoms with Gasteiger partial charge in [-0.25, -0.2) is 0 Å². The number of benzene rings is 1. The second-order valence-corrected chi connectivity index (χ2v) is 7.61. The third-order valence-corrected chi connectivity index (χ3v) is 5.55. The number of nitrogens with one attached hydrogen (secondary N) is 1. The maximum Gasteiger partial charge on any atom is 0.327 e. The molecule has 1 aromatic carbocycles. The van der Waals surface area contributed by atoms with Gasteiger partial charge in [-0.05, 0) is 56.2 Å². The van der Waals surface area contributed by atoms with Gasteiger partial charge < -0.3 is 15.0 Å². The average Bonchev–Trinajstić information content (AvgIpc) is 2.86. The molecule has 2 aliphatic rings. The molecule has 5 nitrogen and oxygen atoms in total. The molecular formula is C18H22BrN3O2S. The fourth-order valence-corrected chi connectivity index (χ4v) is 4.30. The molecule has 7 heteroatoms. The Bertz CT molecular complexity index is 684. The van der Waals surface area contributed by atoms with Crippen LogP contribution in [0.15, 0.2) is 33.7 Å². The van der Waals surface area contributed by atoms with Gasteiger partial charge in [0.05, 0.1) is 6.61 Å². The molecule has 1 spiro atoms. The number of ether oxygens (including phenoxy) is 1. The summed E-state index contributed by atoms with van der Waals surface area (Å²) in [4.78, 5) is 18.5. The van der Waals surface area contributed by atoms with E-state index in [1.165, 1.54) is 6.42 Å². The van der Waals surface area contributed by atoms with Crippen LogP contribution in [0.3, 0.4) is 0 Å². The quantitative estimate of drug-likeness (QED) is 0.589. The lowest BCUT2D eigenvalue weighted by Gasteiger charge is -2.40. The van der Waals surface area contributed by atoms with E-state index in [2.05, 4.69) is 43.3 Å². The Balaban J connectivity index is 1.94. The molecule has 3 rings (SSSR count). The minimum atomic E-state index is -0.309. The first-order valence-corrected chi connectivity index (χ1v) is 9.84. The van der Waals surface area contributed by atoms with Crippen molar-refractivity contribution in [3.05, 3.63) is 28.7 Å². The molecule has 0 unspecified atom stereocenters. The molecule has 2 fully saturated rings. The monoisotopic (exact) mass is 423 g/mol. The lowest BCUT2D eigenvalue weighted by atomic mass is 9.80. The SMILES string of the molecule is CCOC(=O)CN=C1NC(=S)N(c2ccc(Br)cc2)C12CCCCC2. The highest BCUT2D eigenvalue weighted by molar-refractivity contribution is 9.10. The Labute approximate surface area is 162 Å². The summed E-state index contributed by atoms with van der Waals surface area (Å²) >= 11 is 9.11. The molecule has 134 valence electrons. The minimum Gasteiger partial charge on any atom is -0.465 e. The number of carbonyl (C=O) groups excluding carboxylic acids is 1. The third kappa shape index (κ3) is 3.72. The number of hydrogen-bond acceptors (Lipinski definition) is 4. The zero-order chi connectivity index (χ0) is 17.9. The summed E-state index contributed by atoms with van der Waals surface area (Å²) in [5, 5.41) is 3.91. The number of thiocarbonyl (C=S) groups is 1. The van der Waals surface area contributed by atoms with Gasteiger partial charge in [0.25, 0.3) is 0 Å². The molecule has 1 saturated heterocycles.